The van der Waals surface area contributed by atoms with Crippen molar-refractivity contribution < 1.29 is 9.18 Å². The van der Waals surface area contributed by atoms with Crippen LogP contribution in [0.3, 0.4) is 0 Å². The standard InChI is InChI=1S/C26H33FN2O/c27-24-12-6-9-22(19-24)20-29(26(30)23-10-4-5-11-23)25-14-17-28(18-15-25)16-13-21-7-2-1-3-8-21/h1-3,6-9,12,19,23,25H,4-5,10-11,13-18,20H2. The van der Waals surface area contributed by atoms with Crippen LogP contribution in [0, 0.1) is 11.7 Å². The van der Waals surface area contributed by atoms with E-state index in [2.05, 4.69) is 40.1 Å². The molecule has 1 aliphatic heterocycles. The number of carbonyl (C=O) groups excluding carboxylic acids is 1. The van der Waals surface area contributed by atoms with Crippen LogP contribution in [0.2, 0.25) is 0 Å². The Morgan fingerprint density at radius 1 is 0.933 bits per heavy atom. The number of likely N-dealkylation sites (tertiary alicyclic amines) is 1. The van der Waals surface area contributed by atoms with Crippen molar-refractivity contribution in [3.63, 3.8) is 0 Å². The predicted molar refractivity (Wildman–Crippen MR) is 119 cm³/mol. The second kappa shape index (κ2) is 10.2. The minimum absolute atomic E-state index is 0.162. The molecule has 4 heteroatoms. The molecule has 0 aromatic heterocycles. The quantitative estimate of drug-likeness (QED) is 0.640. The highest BCUT2D eigenvalue weighted by Crippen LogP contribution is 2.30. The van der Waals surface area contributed by atoms with Crippen LogP contribution in [0.1, 0.15) is 49.7 Å². The predicted octanol–water partition coefficient (Wildman–Crippen LogP) is 5.05. The summed E-state index contributed by atoms with van der Waals surface area (Å²) in [4.78, 5) is 17.9. The third kappa shape index (κ3) is 5.48. The first-order valence-electron chi connectivity index (χ1n) is 11.5. The summed E-state index contributed by atoms with van der Waals surface area (Å²) < 4.78 is 13.7. The molecule has 0 spiro atoms. The van der Waals surface area contributed by atoms with E-state index in [0.29, 0.717) is 12.5 Å². The van der Waals surface area contributed by atoms with Gasteiger partial charge in [-0.3, -0.25) is 4.79 Å². The maximum Gasteiger partial charge on any atom is 0.226 e. The topological polar surface area (TPSA) is 23.6 Å². The van der Waals surface area contributed by atoms with Crippen molar-refractivity contribution in [2.24, 2.45) is 5.92 Å². The van der Waals surface area contributed by atoms with E-state index in [-0.39, 0.29) is 17.8 Å². The van der Waals surface area contributed by atoms with Crippen molar-refractivity contribution in [2.45, 2.75) is 57.5 Å². The smallest absolute Gasteiger partial charge is 0.226 e. The molecule has 1 saturated heterocycles. The third-order valence-corrected chi connectivity index (χ3v) is 6.79. The number of halogens is 1. The molecule has 2 fully saturated rings. The van der Waals surface area contributed by atoms with Crippen LogP contribution in [0.4, 0.5) is 4.39 Å². The molecule has 1 aliphatic carbocycles. The molecule has 30 heavy (non-hydrogen) atoms. The van der Waals surface area contributed by atoms with Gasteiger partial charge in [0, 0.05) is 38.1 Å². The summed E-state index contributed by atoms with van der Waals surface area (Å²) in [5.74, 6) is 0.227. The number of piperidine rings is 1. The zero-order valence-electron chi connectivity index (χ0n) is 17.8. The first kappa shape index (κ1) is 21.0. The summed E-state index contributed by atoms with van der Waals surface area (Å²) in [6.07, 6.45) is 7.40. The number of hydrogen-bond donors (Lipinski definition) is 0. The third-order valence-electron chi connectivity index (χ3n) is 6.79. The lowest BCUT2D eigenvalue weighted by atomic mass is 9.98. The molecule has 0 unspecified atom stereocenters. The Morgan fingerprint density at radius 3 is 2.33 bits per heavy atom. The van der Waals surface area contributed by atoms with Crippen LogP contribution in [0.15, 0.2) is 54.6 Å². The normalized spacial score (nSPS) is 18.6. The van der Waals surface area contributed by atoms with Gasteiger partial charge in [0.05, 0.1) is 0 Å². The van der Waals surface area contributed by atoms with E-state index in [1.54, 1.807) is 12.1 Å². The van der Waals surface area contributed by atoms with Crippen LogP contribution in [-0.2, 0) is 17.8 Å². The SMILES string of the molecule is O=C(C1CCCC1)N(Cc1cccc(F)c1)C1CCN(CCc2ccccc2)CC1. The lowest BCUT2D eigenvalue weighted by Crippen LogP contribution is -2.48. The molecule has 2 aromatic carbocycles. The van der Waals surface area contributed by atoms with E-state index in [4.69, 9.17) is 0 Å². The van der Waals surface area contributed by atoms with Gasteiger partial charge in [0.2, 0.25) is 5.91 Å². The van der Waals surface area contributed by atoms with Gasteiger partial charge in [-0.05, 0) is 55.4 Å². The molecule has 3 nitrogen and oxygen atoms in total. The Balaban J connectivity index is 1.37. The first-order valence-corrected chi connectivity index (χ1v) is 11.5. The number of rotatable bonds is 7. The van der Waals surface area contributed by atoms with E-state index in [9.17, 15) is 9.18 Å². The highest BCUT2D eigenvalue weighted by atomic mass is 19.1. The Hall–Kier alpha value is -2.20. The Morgan fingerprint density at radius 2 is 1.63 bits per heavy atom. The number of hydrogen-bond acceptors (Lipinski definition) is 2. The zero-order valence-corrected chi connectivity index (χ0v) is 17.8. The van der Waals surface area contributed by atoms with Gasteiger partial charge in [-0.1, -0.05) is 55.3 Å². The van der Waals surface area contributed by atoms with Crippen LogP contribution in [0.5, 0.6) is 0 Å². The maximum absolute atomic E-state index is 13.7. The molecule has 4 rings (SSSR count). The second-order valence-electron chi connectivity index (χ2n) is 8.89. The van der Waals surface area contributed by atoms with E-state index in [0.717, 1.165) is 70.1 Å². The molecule has 2 aromatic rings. The fraction of sp³-hybridized carbons (Fsp3) is 0.500. The average molecular weight is 409 g/mol. The molecular weight excluding hydrogens is 375 g/mol. The molecule has 1 saturated carbocycles. The van der Waals surface area contributed by atoms with E-state index >= 15 is 0 Å². The Bertz CT molecular complexity index is 811. The van der Waals surface area contributed by atoms with Crippen molar-refractivity contribution in [3.8, 4) is 0 Å². The van der Waals surface area contributed by atoms with Crippen LogP contribution in [0.25, 0.3) is 0 Å². The minimum atomic E-state index is -0.225. The highest BCUT2D eigenvalue weighted by molar-refractivity contribution is 5.79. The summed E-state index contributed by atoms with van der Waals surface area (Å²) in [7, 11) is 0. The summed E-state index contributed by atoms with van der Waals surface area (Å²) >= 11 is 0. The maximum atomic E-state index is 13.7. The van der Waals surface area contributed by atoms with Gasteiger partial charge in [-0.15, -0.1) is 0 Å². The minimum Gasteiger partial charge on any atom is -0.335 e. The molecule has 0 N–H and O–H groups in total. The fourth-order valence-electron chi connectivity index (χ4n) is 5.01. The summed E-state index contributed by atoms with van der Waals surface area (Å²) in [6.45, 7) is 3.64. The van der Waals surface area contributed by atoms with Crippen LogP contribution < -0.4 is 0 Å². The summed E-state index contributed by atoms with van der Waals surface area (Å²) in [5.41, 5.74) is 2.27. The molecule has 1 amide bonds. The van der Waals surface area contributed by atoms with E-state index in [1.165, 1.54) is 11.6 Å². The van der Waals surface area contributed by atoms with Gasteiger partial charge in [-0.2, -0.15) is 0 Å². The zero-order chi connectivity index (χ0) is 20.8. The van der Waals surface area contributed by atoms with Crippen molar-refractivity contribution in [1.82, 2.24) is 9.80 Å². The van der Waals surface area contributed by atoms with Gasteiger partial charge in [-0.25, -0.2) is 4.39 Å². The van der Waals surface area contributed by atoms with Gasteiger partial charge in [0.1, 0.15) is 5.82 Å². The van der Waals surface area contributed by atoms with E-state index in [1.807, 2.05) is 6.07 Å². The second-order valence-corrected chi connectivity index (χ2v) is 8.89. The number of nitrogens with zero attached hydrogens (tertiary/aromatic N) is 2. The largest absolute Gasteiger partial charge is 0.335 e. The number of benzene rings is 2. The molecular formula is C26H33FN2O. The first-order chi connectivity index (χ1) is 14.7. The van der Waals surface area contributed by atoms with E-state index < -0.39 is 0 Å². The van der Waals surface area contributed by atoms with Crippen molar-refractivity contribution in [3.05, 3.63) is 71.5 Å². The molecule has 160 valence electrons. The molecule has 0 radical (unpaired) electrons. The molecule has 2 aliphatic rings. The van der Waals surface area contributed by atoms with Crippen LogP contribution in [-0.4, -0.2) is 41.4 Å². The highest BCUT2D eigenvalue weighted by Gasteiger charge is 2.33. The molecule has 0 atom stereocenters. The van der Waals surface area contributed by atoms with Crippen molar-refractivity contribution in [1.29, 1.82) is 0 Å². The van der Waals surface area contributed by atoms with Gasteiger partial charge in [0.25, 0.3) is 0 Å². The van der Waals surface area contributed by atoms with Crippen molar-refractivity contribution >= 4 is 5.91 Å². The Kier molecular flexibility index (Phi) is 7.16. The van der Waals surface area contributed by atoms with Crippen LogP contribution >= 0.6 is 0 Å². The average Bonchev–Trinajstić information content (AvgIpc) is 3.32. The fourth-order valence-corrected chi connectivity index (χ4v) is 5.01. The molecule has 1 heterocycles. The number of amides is 1. The lowest BCUT2D eigenvalue weighted by molar-refractivity contribution is -0.139. The summed E-state index contributed by atoms with van der Waals surface area (Å²) in [5, 5.41) is 0. The van der Waals surface area contributed by atoms with Crippen molar-refractivity contribution in [2.75, 3.05) is 19.6 Å². The lowest BCUT2D eigenvalue weighted by Gasteiger charge is -2.39. The van der Waals surface area contributed by atoms with Gasteiger partial charge < -0.3 is 9.80 Å². The van der Waals surface area contributed by atoms with Gasteiger partial charge >= 0.3 is 0 Å². The monoisotopic (exact) mass is 408 g/mol. The Labute approximate surface area is 179 Å². The summed E-state index contributed by atoms with van der Waals surface area (Å²) in [6, 6.07) is 17.6. The van der Waals surface area contributed by atoms with Gasteiger partial charge in [0.15, 0.2) is 0 Å². The number of carbonyl (C=O) groups is 1. The molecule has 0 bridgehead atoms.